The summed E-state index contributed by atoms with van der Waals surface area (Å²) in [4.78, 5) is 24.2. The van der Waals surface area contributed by atoms with Crippen LogP contribution < -0.4 is 0 Å². The van der Waals surface area contributed by atoms with Crippen LogP contribution in [0.1, 0.15) is 26.2 Å². The van der Waals surface area contributed by atoms with Gasteiger partial charge in [0.1, 0.15) is 0 Å². The van der Waals surface area contributed by atoms with Gasteiger partial charge in [0.05, 0.1) is 11.8 Å². The van der Waals surface area contributed by atoms with E-state index in [2.05, 4.69) is 0 Å². The van der Waals surface area contributed by atoms with Gasteiger partial charge in [-0.05, 0) is 19.3 Å². The van der Waals surface area contributed by atoms with Gasteiger partial charge < -0.3 is 10.0 Å². The third kappa shape index (κ3) is 2.05. The first-order valence-electron chi connectivity index (χ1n) is 5.05. The minimum absolute atomic E-state index is 0.00880. The molecular formula is C10H17NO3. The van der Waals surface area contributed by atoms with E-state index in [1.54, 1.807) is 11.9 Å². The van der Waals surface area contributed by atoms with Gasteiger partial charge in [-0.2, -0.15) is 0 Å². The fraction of sp³-hybridized carbons (Fsp3) is 0.800. The van der Waals surface area contributed by atoms with Gasteiger partial charge in [0.2, 0.25) is 5.91 Å². The van der Waals surface area contributed by atoms with Crippen molar-refractivity contribution in [2.75, 3.05) is 13.6 Å². The zero-order valence-corrected chi connectivity index (χ0v) is 8.69. The minimum atomic E-state index is -0.846. The Labute approximate surface area is 83.9 Å². The first kappa shape index (κ1) is 11.0. The molecule has 0 spiro atoms. The third-order valence-electron chi connectivity index (χ3n) is 2.94. The van der Waals surface area contributed by atoms with Crippen LogP contribution >= 0.6 is 0 Å². The molecule has 1 aliphatic heterocycles. The summed E-state index contributed by atoms with van der Waals surface area (Å²) < 4.78 is 0. The summed E-state index contributed by atoms with van der Waals surface area (Å²) in [6, 6.07) is 0. The second-order valence-electron chi connectivity index (χ2n) is 3.86. The Morgan fingerprint density at radius 2 is 2.36 bits per heavy atom. The van der Waals surface area contributed by atoms with Gasteiger partial charge in [-0.1, -0.05) is 6.92 Å². The van der Waals surface area contributed by atoms with E-state index in [4.69, 9.17) is 5.11 Å². The van der Waals surface area contributed by atoms with Gasteiger partial charge in [-0.15, -0.1) is 0 Å². The molecule has 1 saturated heterocycles. The van der Waals surface area contributed by atoms with Gasteiger partial charge in [0.25, 0.3) is 0 Å². The lowest BCUT2D eigenvalue weighted by molar-refractivity contribution is -0.152. The average molecular weight is 199 g/mol. The second kappa shape index (κ2) is 4.44. The van der Waals surface area contributed by atoms with E-state index in [0.717, 1.165) is 13.0 Å². The van der Waals surface area contributed by atoms with E-state index in [9.17, 15) is 9.59 Å². The molecule has 4 heteroatoms. The highest BCUT2D eigenvalue weighted by atomic mass is 16.4. The number of rotatable bonds is 3. The molecule has 4 nitrogen and oxygen atoms in total. The van der Waals surface area contributed by atoms with Crippen LogP contribution in [0, 0.1) is 11.8 Å². The first-order valence-corrected chi connectivity index (χ1v) is 5.05. The quantitative estimate of drug-likeness (QED) is 0.736. The lowest BCUT2D eigenvalue weighted by Crippen LogP contribution is -2.43. The number of hydrogen-bond donors (Lipinski definition) is 1. The number of carboxylic acids is 1. The predicted octanol–water partition coefficient (Wildman–Crippen LogP) is 0.966. The van der Waals surface area contributed by atoms with Gasteiger partial charge in [-0.3, -0.25) is 9.59 Å². The van der Waals surface area contributed by atoms with Crippen LogP contribution in [0.5, 0.6) is 0 Å². The van der Waals surface area contributed by atoms with Crippen LogP contribution in [-0.4, -0.2) is 35.5 Å². The van der Waals surface area contributed by atoms with E-state index in [1.807, 2.05) is 6.92 Å². The number of likely N-dealkylation sites (tertiary alicyclic amines) is 1. The number of nitrogens with zero attached hydrogens (tertiary/aromatic N) is 1. The highest BCUT2D eigenvalue weighted by molar-refractivity contribution is 5.85. The highest BCUT2D eigenvalue weighted by Gasteiger charge is 2.35. The second-order valence-corrected chi connectivity index (χ2v) is 3.86. The molecular weight excluding hydrogens is 182 g/mol. The van der Waals surface area contributed by atoms with Crippen molar-refractivity contribution in [3.63, 3.8) is 0 Å². The Bertz CT molecular complexity index is 240. The van der Waals surface area contributed by atoms with Crippen molar-refractivity contribution < 1.29 is 14.7 Å². The lowest BCUT2D eigenvalue weighted by atomic mass is 9.83. The van der Waals surface area contributed by atoms with Gasteiger partial charge in [0.15, 0.2) is 0 Å². The van der Waals surface area contributed by atoms with Crippen LogP contribution in [0.4, 0.5) is 0 Å². The highest BCUT2D eigenvalue weighted by Crippen LogP contribution is 2.26. The maximum absolute atomic E-state index is 11.7. The van der Waals surface area contributed by atoms with Gasteiger partial charge in [0, 0.05) is 13.6 Å². The monoisotopic (exact) mass is 199 g/mol. The molecule has 80 valence electrons. The molecule has 1 fully saturated rings. The summed E-state index contributed by atoms with van der Waals surface area (Å²) in [6.07, 6.45) is 2.16. The summed E-state index contributed by atoms with van der Waals surface area (Å²) in [5, 5.41) is 8.96. The van der Waals surface area contributed by atoms with Crippen LogP contribution in [0.3, 0.4) is 0 Å². The number of hydrogen-bond acceptors (Lipinski definition) is 2. The molecule has 0 saturated carbocycles. The smallest absolute Gasteiger partial charge is 0.307 e. The summed E-state index contributed by atoms with van der Waals surface area (Å²) in [6.45, 7) is 2.58. The fourth-order valence-corrected chi connectivity index (χ4v) is 2.07. The Kier molecular flexibility index (Phi) is 3.49. The number of amides is 1. The molecule has 1 rings (SSSR count). The molecule has 1 aliphatic rings. The topological polar surface area (TPSA) is 57.6 Å². The van der Waals surface area contributed by atoms with E-state index >= 15 is 0 Å². The molecule has 2 unspecified atom stereocenters. The van der Waals surface area contributed by atoms with Crippen LogP contribution in [0.2, 0.25) is 0 Å². The Morgan fingerprint density at radius 3 is 2.86 bits per heavy atom. The van der Waals surface area contributed by atoms with E-state index < -0.39 is 11.9 Å². The SMILES string of the molecule is CCC(C(=O)O)C1CCCN(C)C1=O. The average Bonchev–Trinajstić information content (AvgIpc) is 2.13. The molecule has 1 amide bonds. The Balaban J connectivity index is 2.74. The number of carbonyl (C=O) groups excluding carboxylic acids is 1. The number of piperidine rings is 1. The minimum Gasteiger partial charge on any atom is -0.481 e. The molecule has 2 atom stereocenters. The van der Waals surface area contributed by atoms with Crippen molar-refractivity contribution in [1.29, 1.82) is 0 Å². The van der Waals surface area contributed by atoms with Crippen molar-refractivity contribution in [2.45, 2.75) is 26.2 Å². The van der Waals surface area contributed by atoms with Gasteiger partial charge >= 0.3 is 5.97 Å². The van der Waals surface area contributed by atoms with Crippen molar-refractivity contribution in [1.82, 2.24) is 4.90 Å². The molecule has 0 aliphatic carbocycles. The molecule has 0 radical (unpaired) electrons. The summed E-state index contributed by atoms with van der Waals surface area (Å²) in [5.41, 5.74) is 0. The maximum Gasteiger partial charge on any atom is 0.307 e. The summed E-state index contributed by atoms with van der Waals surface area (Å²) >= 11 is 0. The van der Waals surface area contributed by atoms with E-state index in [-0.39, 0.29) is 11.8 Å². The van der Waals surface area contributed by atoms with Crippen molar-refractivity contribution in [3.05, 3.63) is 0 Å². The van der Waals surface area contributed by atoms with E-state index in [0.29, 0.717) is 12.8 Å². The Hall–Kier alpha value is -1.06. The molecule has 0 aromatic rings. The molecule has 1 heterocycles. The lowest BCUT2D eigenvalue weighted by Gasteiger charge is -2.32. The maximum atomic E-state index is 11.7. The molecule has 0 aromatic heterocycles. The van der Waals surface area contributed by atoms with Crippen molar-refractivity contribution in [3.8, 4) is 0 Å². The zero-order valence-electron chi connectivity index (χ0n) is 8.69. The number of aliphatic carboxylic acids is 1. The van der Waals surface area contributed by atoms with Crippen LogP contribution in [0.25, 0.3) is 0 Å². The molecule has 1 N–H and O–H groups in total. The molecule has 0 bridgehead atoms. The van der Waals surface area contributed by atoms with Gasteiger partial charge in [-0.25, -0.2) is 0 Å². The van der Waals surface area contributed by atoms with Crippen LogP contribution in [-0.2, 0) is 9.59 Å². The number of carboxylic acid groups (broad SMARTS) is 1. The standard InChI is InChI=1S/C10H17NO3/c1-3-7(10(13)14)8-5-4-6-11(2)9(8)12/h7-8H,3-6H2,1-2H3,(H,13,14). The molecule has 0 aromatic carbocycles. The third-order valence-corrected chi connectivity index (χ3v) is 2.94. The van der Waals surface area contributed by atoms with Crippen molar-refractivity contribution >= 4 is 11.9 Å². The summed E-state index contributed by atoms with van der Waals surface area (Å²) in [5.74, 6) is -1.67. The van der Waals surface area contributed by atoms with E-state index in [1.165, 1.54) is 0 Å². The fourth-order valence-electron chi connectivity index (χ4n) is 2.07. The predicted molar refractivity (Wildman–Crippen MR) is 51.8 cm³/mol. The zero-order chi connectivity index (χ0) is 10.7. The largest absolute Gasteiger partial charge is 0.481 e. The number of carbonyl (C=O) groups is 2. The summed E-state index contributed by atoms with van der Waals surface area (Å²) in [7, 11) is 1.74. The molecule has 14 heavy (non-hydrogen) atoms. The Morgan fingerprint density at radius 1 is 1.71 bits per heavy atom. The first-order chi connectivity index (χ1) is 6.57. The van der Waals surface area contributed by atoms with Crippen molar-refractivity contribution in [2.24, 2.45) is 11.8 Å². The normalized spacial score (nSPS) is 24.9. The van der Waals surface area contributed by atoms with Crippen LogP contribution in [0.15, 0.2) is 0 Å².